The van der Waals surface area contributed by atoms with Gasteiger partial charge in [0.1, 0.15) is 6.29 Å². The number of benzene rings is 1. The van der Waals surface area contributed by atoms with E-state index in [0.29, 0.717) is 12.8 Å². The van der Waals surface area contributed by atoms with Crippen LogP contribution in [0.1, 0.15) is 41.9 Å². The Balaban J connectivity index is 2.76. The molecule has 0 amide bonds. The van der Waals surface area contributed by atoms with Gasteiger partial charge < -0.3 is 9.90 Å². The van der Waals surface area contributed by atoms with E-state index in [9.17, 15) is 9.59 Å². The Morgan fingerprint density at radius 2 is 2.12 bits per heavy atom. The summed E-state index contributed by atoms with van der Waals surface area (Å²) < 4.78 is 0. The number of rotatable bonds is 6. The van der Waals surface area contributed by atoms with Gasteiger partial charge in [0.25, 0.3) is 0 Å². The summed E-state index contributed by atoms with van der Waals surface area (Å²) in [5, 5.41) is 8.58. The summed E-state index contributed by atoms with van der Waals surface area (Å²) in [5.41, 5.74) is 3.30. The van der Waals surface area contributed by atoms with Crippen LogP contribution in [0, 0.1) is 13.8 Å². The molecule has 1 atom stereocenters. The van der Waals surface area contributed by atoms with E-state index in [-0.39, 0.29) is 12.3 Å². The highest BCUT2D eigenvalue weighted by molar-refractivity contribution is 5.67. The van der Waals surface area contributed by atoms with Crippen molar-refractivity contribution in [3.8, 4) is 0 Å². The molecule has 1 aromatic rings. The molecule has 0 radical (unpaired) electrons. The minimum absolute atomic E-state index is 0.120. The van der Waals surface area contributed by atoms with E-state index in [4.69, 9.17) is 5.11 Å². The lowest BCUT2D eigenvalue weighted by molar-refractivity contribution is -0.137. The number of carboxylic acid groups (broad SMARTS) is 1. The molecular weight excluding hydrogens is 216 g/mol. The Bertz CT molecular complexity index is 410. The molecule has 0 fully saturated rings. The van der Waals surface area contributed by atoms with Crippen LogP contribution in [-0.4, -0.2) is 17.4 Å². The largest absolute Gasteiger partial charge is 0.481 e. The predicted octanol–water partition coefficient (Wildman–Crippen LogP) is 2.84. The lowest BCUT2D eigenvalue weighted by Crippen LogP contribution is -2.05. The monoisotopic (exact) mass is 234 g/mol. The molecule has 0 heterocycles. The van der Waals surface area contributed by atoms with Gasteiger partial charge in [0.05, 0.1) is 0 Å². The van der Waals surface area contributed by atoms with Crippen molar-refractivity contribution in [3.05, 3.63) is 34.9 Å². The molecule has 3 heteroatoms. The van der Waals surface area contributed by atoms with E-state index in [1.807, 2.05) is 32.0 Å². The van der Waals surface area contributed by atoms with Crippen LogP contribution in [0.3, 0.4) is 0 Å². The number of hydrogen-bond donors (Lipinski definition) is 1. The first kappa shape index (κ1) is 13.4. The molecule has 0 aliphatic heterocycles. The summed E-state index contributed by atoms with van der Waals surface area (Å²) in [5.74, 6) is -0.995. The molecule has 0 aromatic heterocycles. The molecule has 0 aliphatic carbocycles. The maximum atomic E-state index is 11.1. The summed E-state index contributed by atoms with van der Waals surface area (Å²) >= 11 is 0. The summed E-state index contributed by atoms with van der Waals surface area (Å²) in [7, 11) is 0. The van der Waals surface area contributed by atoms with Crippen LogP contribution in [0.5, 0.6) is 0 Å². The first-order valence-corrected chi connectivity index (χ1v) is 5.79. The van der Waals surface area contributed by atoms with Crippen molar-refractivity contribution in [2.24, 2.45) is 0 Å². The molecule has 17 heavy (non-hydrogen) atoms. The SMILES string of the molecule is Cc1cccc(C(C=O)CCCC(=O)O)c1C. The fourth-order valence-corrected chi connectivity index (χ4v) is 1.95. The first-order valence-electron chi connectivity index (χ1n) is 5.79. The van der Waals surface area contributed by atoms with E-state index in [0.717, 1.165) is 23.0 Å². The molecule has 3 nitrogen and oxygen atoms in total. The van der Waals surface area contributed by atoms with Crippen molar-refractivity contribution < 1.29 is 14.7 Å². The molecule has 1 N–H and O–H groups in total. The van der Waals surface area contributed by atoms with Crippen molar-refractivity contribution in [2.75, 3.05) is 0 Å². The summed E-state index contributed by atoms with van der Waals surface area (Å²) in [4.78, 5) is 21.5. The lowest BCUT2D eigenvalue weighted by Gasteiger charge is -2.14. The lowest BCUT2D eigenvalue weighted by atomic mass is 9.89. The van der Waals surface area contributed by atoms with Gasteiger partial charge in [-0.2, -0.15) is 0 Å². The Kier molecular flexibility index (Phi) is 4.88. The minimum Gasteiger partial charge on any atom is -0.481 e. The fourth-order valence-electron chi connectivity index (χ4n) is 1.95. The van der Waals surface area contributed by atoms with Gasteiger partial charge in [0.15, 0.2) is 0 Å². The van der Waals surface area contributed by atoms with Gasteiger partial charge >= 0.3 is 5.97 Å². The topological polar surface area (TPSA) is 54.4 Å². The van der Waals surface area contributed by atoms with Crippen molar-refractivity contribution >= 4 is 12.3 Å². The van der Waals surface area contributed by atoms with E-state index in [2.05, 4.69) is 0 Å². The van der Waals surface area contributed by atoms with Gasteiger partial charge in [-0.15, -0.1) is 0 Å². The van der Waals surface area contributed by atoms with E-state index < -0.39 is 5.97 Å². The average Bonchev–Trinajstić information content (AvgIpc) is 2.28. The normalized spacial score (nSPS) is 12.1. The quantitative estimate of drug-likeness (QED) is 0.770. The van der Waals surface area contributed by atoms with Crippen molar-refractivity contribution in [2.45, 2.75) is 39.0 Å². The number of aryl methyl sites for hydroxylation is 1. The van der Waals surface area contributed by atoms with Crippen LogP contribution < -0.4 is 0 Å². The number of carbonyl (C=O) groups excluding carboxylic acids is 1. The van der Waals surface area contributed by atoms with Crippen LogP contribution >= 0.6 is 0 Å². The molecule has 1 unspecified atom stereocenters. The second kappa shape index (κ2) is 6.18. The van der Waals surface area contributed by atoms with Crippen molar-refractivity contribution in [1.29, 1.82) is 0 Å². The van der Waals surface area contributed by atoms with Gasteiger partial charge in [-0.3, -0.25) is 4.79 Å². The predicted molar refractivity (Wildman–Crippen MR) is 66.2 cm³/mol. The van der Waals surface area contributed by atoms with Gasteiger partial charge in [0, 0.05) is 12.3 Å². The Labute approximate surface area is 101 Å². The fraction of sp³-hybridized carbons (Fsp3) is 0.429. The minimum atomic E-state index is -0.810. The zero-order chi connectivity index (χ0) is 12.8. The van der Waals surface area contributed by atoms with Gasteiger partial charge in [-0.25, -0.2) is 0 Å². The highest BCUT2D eigenvalue weighted by atomic mass is 16.4. The van der Waals surface area contributed by atoms with E-state index in [1.165, 1.54) is 0 Å². The summed E-state index contributed by atoms with van der Waals surface area (Å²) in [6.45, 7) is 4.01. The average molecular weight is 234 g/mol. The van der Waals surface area contributed by atoms with Crippen LogP contribution in [0.4, 0.5) is 0 Å². The number of aliphatic carboxylic acids is 1. The number of carboxylic acids is 1. The maximum Gasteiger partial charge on any atom is 0.303 e. The Hall–Kier alpha value is -1.64. The summed E-state index contributed by atoms with van der Waals surface area (Å²) in [6, 6.07) is 5.89. The molecule has 0 saturated heterocycles. The second-order valence-corrected chi connectivity index (χ2v) is 4.32. The van der Waals surface area contributed by atoms with Crippen LogP contribution in [0.2, 0.25) is 0 Å². The Morgan fingerprint density at radius 1 is 1.41 bits per heavy atom. The Morgan fingerprint density at radius 3 is 2.71 bits per heavy atom. The van der Waals surface area contributed by atoms with Crippen LogP contribution in [0.15, 0.2) is 18.2 Å². The first-order chi connectivity index (χ1) is 8.06. The van der Waals surface area contributed by atoms with Crippen molar-refractivity contribution in [1.82, 2.24) is 0 Å². The highest BCUT2D eigenvalue weighted by Crippen LogP contribution is 2.25. The number of aldehydes is 1. The molecule has 1 aromatic carbocycles. The molecule has 0 saturated carbocycles. The third-order valence-corrected chi connectivity index (χ3v) is 3.12. The highest BCUT2D eigenvalue weighted by Gasteiger charge is 2.14. The summed E-state index contributed by atoms with van der Waals surface area (Å²) in [6.07, 6.45) is 2.17. The molecule has 1 rings (SSSR count). The standard InChI is InChI=1S/C14H18O3/c1-10-5-3-7-13(11(10)2)12(9-15)6-4-8-14(16)17/h3,5,7,9,12H,4,6,8H2,1-2H3,(H,16,17). The second-order valence-electron chi connectivity index (χ2n) is 4.32. The van der Waals surface area contributed by atoms with E-state index in [1.54, 1.807) is 0 Å². The van der Waals surface area contributed by atoms with Crippen molar-refractivity contribution in [3.63, 3.8) is 0 Å². The zero-order valence-electron chi connectivity index (χ0n) is 10.3. The van der Waals surface area contributed by atoms with Crippen LogP contribution in [-0.2, 0) is 9.59 Å². The number of carbonyl (C=O) groups is 2. The molecular formula is C14H18O3. The van der Waals surface area contributed by atoms with Crippen LogP contribution in [0.25, 0.3) is 0 Å². The molecule has 92 valence electrons. The zero-order valence-corrected chi connectivity index (χ0v) is 10.3. The number of hydrogen-bond acceptors (Lipinski definition) is 2. The van der Waals surface area contributed by atoms with Gasteiger partial charge in [-0.1, -0.05) is 18.2 Å². The molecule has 0 spiro atoms. The van der Waals surface area contributed by atoms with Gasteiger partial charge in [0.2, 0.25) is 0 Å². The third-order valence-electron chi connectivity index (χ3n) is 3.12. The van der Waals surface area contributed by atoms with Gasteiger partial charge in [-0.05, 0) is 43.4 Å². The maximum absolute atomic E-state index is 11.1. The third kappa shape index (κ3) is 3.70. The smallest absolute Gasteiger partial charge is 0.303 e. The molecule has 0 aliphatic rings. The van der Waals surface area contributed by atoms with E-state index >= 15 is 0 Å². The molecule has 0 bridgehead atoms.